The first kappa shape index (κ1) is 18.3. The van der Waals surface area contributed by atoms with E-state index in [0.717, 1.165) is 30.3 Å². The van der Waals surface area contributed by atoms with Gasteiger partial charge in [0.25, 0.3) is 11.5 Å². The van der Waals surface area contributed by atoms with Crippen LogP contribution >= 0.6 is 0 Å². The molecular weight excluding hydrogens is 352 g/mol. The highest BCUT2D eigenvalue weighted by Crippen LogP contribution is 2.27. The van der Waals surface area contributed by atoms with E-state index in [-0.39, 0.29) is 18.1 Å². The number of rotatable bonds is 5. The summed E-state index contributed by atoms with van der Waals surface area (Å²) in [5.74, 6) is 0.500. The SMILES string of the molecule is CCCn1ccc2c(OCC(=O)N3CCCc4ccccc43)cccc2c1=O. The molecule has 2 heterocycles. The molecule has 0 unspecified atom stereocenters. The Labute approximate surface area is 164 Å². The molecule has 0 aliphatic carbocycles. The number of ether oxygens (including phenoxy) is 1. The minimum Gasteiger partial charge on any atom is -0.483 e. The number of carbonyl (C=O) groups is 1. The van der Waals surface area contributed by atoms with Crippen molar-refractivity contribution in [2.24, 2.45) is 0 Å². The third-order valence-corrected chi connectivity index (χ3v) is 5.21. The number of pyridine rings is 1. The van der Waals surface area contributed by atoms with Crippen LogP contribution in [0.15, 0.2) is 59.5 Å². The Morgan fingerprint density at radius 3 is 2.79 bits per heavy atom. The minimum atomic E-state index is -0.0662. The summed E-state index contributed by atoms with van der Waals surface area (Å²) < 4.78 is 7.58. The van der Waals surface area contributed by atoms with Crippen molar-refractivity contribution in [2.75, 3.05) is 18.1 Å². The molecule has 0 saturated heterocycles. The summed E-state index contributed by atoms with van der Waals surface area (Å²) >= 11 is 0. The number of anilines is 1. The molecule has 2 aromatic carbocycles. The Hall–Kier alpha value is -3.08. The number of carbonyl (C=O) groups excluding carboxylic acids is 1. The second-order valence-electron chi connectivity index (χ2n) is 7.10. The molecule has 5 nitrogen and oxygen atoms in total. The number of para-hydroxylation sites is 1. The van der Waals surface area contributed by atoms with Gasteiger partial charge in [0.1, 0.15) is 5.75 Å². The predicted molar refractivity (Wildman–Crippen MR) is 111 cm³/mol. The summed E-state index contributed by atoms with van der Waals surface area (Å²) in [6.07, 6.45) is 4.64. The Balaban J connectivity index is 1.56. The first-order chi connectivity index (χ1) is 13.7. The standard InChI is InChI=1S/C23H24N2O3/c1-2-13-24-15-12-18-19(23(24)27)9-5-11-21(18)28-16-22(26)25-14-6-8-17-7-3-4-10-20(17)25/h3-5,7,9-12,15H,2,6,8,13-14,16H2,1H3. The van der Waals surface area contributed by atoms with E-state index in [1.807, 2.05) is 37.3 Å². The van der Waals surface area contributed by atoms with Gasteiger partial charge in [0.15, 0.2) is 6.61 Å². The molecule has 28 heavy (non-hydrogen) atoms. The molecular formula is C23H24N2O3. The number of hydrogen-bond acceptors (Lipinski definition) is 3. The normalized spacial score (nSPS) is 13.4. The van der Waals surface area contributed by atoms with E-state index in [0.29, 0.717) is 24.2 Å². The Morgan fingerprint density at radius 1 is 1.07 bits per heavy atom. The number of aryl methyl sites for hydroxylation is 2. The Kier molecular flexibility index (Phi) is 5.15. The van der Waals surface area contributed by atoms with Crippen molar-refractivity contribution in [2.45, 2.75) is 32.7 Å². The molecule has 0 bridgehead atoms. The van der Waals surface area contributed by atoms with Crippen LogP contribution in [0.25, 0.3) is 10.8 Å². The number of amides is 1. The summed E-state index contributed by atoms with van der Waals surface area (Å²) in [6.45, 7) is 3.38. The van der Waals surface area contributed by atoms with Crippen LogP contribution in [0.4, 0.5) is 5.69 Å². The molecule has 1 aliphatic heterocycles. The monoisotopic (exact) mass is 376 g/mol. The molecule has 4 rings (SSSR count). The van der Waals surface area contributed by atoms with E-state index in [1.165, 1.54) is 5.56 Å². The van der Waals surface area contributed by atoms with Crippen molar-refractivity contribution >= 4 is 22.4 Å². The van der Waals surface area contributed by atoms with Gasteiger partial charge in [0.2, 0.25) is 0 Å². The van der Waals surface area contributed by atoms with Gasteiger partial charge in [-0.15, -0.1) is 0 Å². The van der Waals surface area contributed by atoms with Crippen molar-refractivity contribution in [1.29, 1.82) is 0 Å². The van der Waals surface area contributed by atoms with Crippen LogP contribution in [0.5, 0.6) is 5.75 Å². The molecule has 1 aromatic heterocycles. The molecule has 0 fully saturated rings. The van der Waals surface area contributed by atoms with Gasteiger partial charge in [0.05, 0.1) is 5.39 Å². The lowest BCUT2D eigenvalue weighted by Gasteiger charge is -2.29. The molecule has 1 aliphatic rings. The second-order valence-corrected chi connectivity index (χ2v) is 7.10. The van der Waals surface area contributed by atoms with E-state index >= 15 is 0 Å². The molecule has 5 heteroatoms. The van der Waals surface area contributed by atoms with Gasteiger partial charge in [-0.05, 0) is 49.1 Å². The van der Waals surface area contributed by atoms with Gasteiger partial charge in [-0.3, -0.25) is 9.59 Å². The zero-order valence-corrected chi connectivity index (χ0v) is 16.1. The van der Waals surface area contributed by atoms with Crippen molar-refractivity contribution in [3.8, 4) is 5.75 Å². The Morgan fingerprint density at radius 2 is 1.93 bits per heavy atom. The zero-order valence-electron chi connectivity index (χ0n) is 16.1. The predicted octanol–water partition coefficient (Wildman–Crippen LogP) is 3.77. The fourth-order valence-electron chi connectivity index (χ4n) is 3.84. The maximum atomic E-state index is 12.8. The second kappa shape index (κ2) is 7.89. The topological polar surface area (TPSA) is 51.5 Å². The average Bonchev–Trinajstić information content (AvgIpc) is 2.73. The first-order valence-electron chi connectivity index (χ1n) is 9.82. The summed E-state index contributed by atoms with van der Waals surface area (Å²) in [5, 5.41) is 1.36. The highest BCUT2D eigenvalue weighted by molar-refractivity contribution is 5.96. The fourth-order valence-corrected chi connectivity index (χ4v) is 3.84. The van der Waals surface area contributed by atoms with Gasteiger partial charge in [-0.25, -0.2) is 0 Å². The van der Waals surface area contributed by atoms with Crippen LogP contribution in [-0.4, -0.2) is 23.6 Å². The molecule has 0 saturated carbocycles. The van der Waals surface area contributed by atoms with Crippen molar-refractivity contribution in [3.63, 3.8) is 0 Å². The largest absolute Gasteiger partial charge is 0.483 e. The third kappa shape index (κ3) is 3.40. The highest BCUT2D eigenvalue weighted by atomic mass is 16.5. The number of benzene rings is 2. The van der Waals surface area contributed by atoms with Gasteiger partial charge in [0, 0.05) is 30.4 Å². The third-order valence-electron chi connectivity index (χ3n) is 5.21. The van der Waals surface area contributed by atoms with Gasteiger partial charge < -0.3 is 14.2 Å². The van der Waals surface area contributed by atoms with Crippen molar-refractivity contribution in [1.82, 2.24) is 4.57 Å². The summed E-state index contributed by atoms with van der Waals surface area (Å²) in [6, 6.07) is 15.3. The van der Waals surface area contributed by atoms with Crippen LogP contribution < -0.4 is 15.2 Å². The average molecular weight is 376 g/mol. The lowest BCUT2D eigenvalue weighted by molar-refractivity contribution is -0.120. The van der Waals surface area contributed by atoms with Crippen LogP contribution in [0.2, 0.25) is 0 Å². The van der Waals surface area contributed by atoms with E-state index in [1.54, 1.807) is 27.8 Å². The van der Waals surface area contributed by atoms with E-state index in [2.05, 4.69) is 6.07 Å². The lowest BCUT2D eigenvalue weighted by Crippen LogP contribution is -2.38. The molecule has 0 spiro atoms. The molecule has 0 radical (unpaired) electrons. The van der Waals surface area contributed by atoms with Gasteiger partial charge >= 0.3 is 0 Å². The van der Waals surface area contributed by atoms with E-state index in [4.69, 9.17) is 4.74 Å². The number of fused-ring (bicyclic) bond motifs is 2. The smallest absolute Gasteiger partial charge is 0.264 e. The van der Waals surface area contributed by atoms with Gasteiger partial charge in [-0.1, -0.05) is 31.2 Å². The molecule has 1 amide bonds. The number of aromatic nitrogens is 1. The highest BCUT2D eigenvalue weighted by Gasteiger charge is 2.22. The first-order valence-corrected chi connectivity index (χ1v) is 9.82. The van der Waals surface area contributed by atoms with E-state index in [9.17, 15) is 9.59 Å². The quantitative estimate of drug-likeness (QED) is 0.681. The lowest BCUT2D eigenvalue weighted by atomic mass is 10.0. The molecule has 144 valence electrons. The van der Waals surface area contributed by atoms with E-state index < -0.39 is 0 Å². The number of hydrogen-bond donors (Lipinski definition) is 0. The summed E-state index contributed by atoms with van der Waals surface area (Å²) in [7, 11) is 0. The fraction of sp³-hybridized carbons (Fsp3) is 0.304. The van der Waals surface area contributed by atoms with Crippen LogP contribution in [-0.2, 0) is 17.8 Å². The molecule has 0 atom stereocenters. The van der Waals surface area contributed by atoms with Crippen LogP contribution in [0.3, 0.4) is 0 Å². The number of nitrogens with zero attached hydrogens (tertiary/aromatic N) is 2. The zero-order chi connectivity index (χ0) is 19.5. The van der Waals surface area contributed by atoms with Crippen molar-refractivity contribution in [3.05, 3.63) is 70.6 Å². The maximum Gasteiger partial charge on any atom is 0.264 e. The Bertz CT molecular complexity index is 1070. The van der Waals surface area contributed by atoms with Crippen LogP contribution in [0, 0.1) is 0 Å². The maximum absolute atomic E-state index is 12.8. The summed E-state index contributed by atoms with van der Waals surface area (Å²) in [5.41, 5.74) is 2.15. The molecule has 0 N–H and O–H groups in total. The van der Waals surface area contributed by atoms with Crippen LogP contribution in [0.1, 0.15) is 25.3 Å². The molecule has 3 aromatic rings. The minimum absolute atomic E-state index is 0.0268. The summed E-state index contributed by atoms with van der Waals surface area (Å²) in [4.78, 5) is 27.2. The van der Waals surface area contributed by atoms with Gasteiger partial charge in [-0.2, -0.15) is 0 Å². The van der Waals surface area contributed by atoms with Crippen molar-refractivity contribution < 1.29 is 9.53 Å².